The molecular formula is C39H46F3N11O4. The molecule has 3 saturated heterocycles. The highest BCUT2D eigenvalue weighted by Crippen LogP contribution is 2.36. The zero-order chi connectivity index (χ0) is 39.8. The van der Waals surface area contributed by atoms with Crippen molar-refractivity contribution in [1.82, 2.24) is 35.0 Å². The Kier molecular flexibility index (Phi) is 10.9. The van der Waals surface area contributed by atoms with Gasteiger partial charge in [0, 0.05) is 62.1 Å². The molecular weight excluding hydrogens is 743 g/mol. The molecule has 1 aliphatic carbocycles. The lowest BCUT2D eigenvalue weighted by atomic mass is 9.85. The Morgan fingerprint density at radius 1 is 0.982 bits per heavy atom. The van der Waals surface area contributed by atoms with Gasteiger partial charge >= 0.3 is 0 Å². The first-order valence-corrected chi connectivity index (χ1v) is 19.7. The summed E-state index contributed by atoms with van der Waals surface area (Å²) in [5.74, 6) is -1.33. The second-order valence-corrected chi connectivity index (χ2v) is 15.6. The Morgan fingerprint density at radius 2 is 1.77 bits per heavy atom. The minimum Gasteiger partial charge on any atom is -0.371 e. The number of hydrogen-bond acceptors (Lipinski definition) is 10. The smallest absolute Gasteiger partial charge is 0.284 e. The summed E-state index contributed by atoms with van der Waals surface area (Å²) in [6.45, 7) is 2.00. The fourth-order valence-electron chi connectivity index (χ4n) is 8.65. The van der Waals surface area contributed by atoms with Gasteiger partial charge in [-0.1, -0.05) is 12.1 Å². The van der Waals surface area contributed by atoms with Crippen LogP contribution in [0.2, 0.25) is 0 Å². The summed E-state index contributed by atoms with van der Waals surface area (Å²) in [5, 5.41) is 16.6. The minimum absolute atomic E-state index is 0.00810. The van der Waals surface area contributed by atoms with Crippen LogP contribution in [0, 0.1) is 5.92 Å². The predicted molar refractivity (Wildman–Crippen MR) is 204 cm³/mol. The molecule has 4 fully saturated rings. The van der Waals surface area contributed by atoms with E-state index in [0.717, 1.165) is 37.2 Å². The lowest BCUT2D eigenvalue weighted by Gasteiger charge is -2.35. The van der Waals surface area contributed by atoms with Crippen LogP contribution >= 0.6 is 0 Å². The Balaban J connectivity index is 0.845. The second kappa shape index (κ2) is 16.1. The van der Waals surface area contributed by atoms with E-state index in [0.29, 0.717) is 50.9 Å². The summed E-state index contributed by atoms with van der Waals surface area (Å²) >= 11 is 0. The first-order chi connectivity index (χ1) is 27.5. The van der Waals surface area contributed by atoms with Crippen molar-refractivity contribution in [2.24, 2.45) is 11.7 Å². The average Bonchev–Trinajstić information content (AvgIpc) is 3.82. The molecule has 5 N–H and O–H groups in total. The van der Waals surface area contributed by atoms with Crippen LogP contribution in [0.4, 0.5) is 30.4 Å². The van der Waals surface area contributed by atoms with Gasteiger partial charge in [-0.15, -0.1) is 0 Å². The molecule has 6 heterocycles. The molecule has 4 aromatic rings. The lowest BCUT2D eigenvalue weighted by molar-refractivity contribution is -0.134. The lowest BCUT2D eigenvalue weighted by Crippen LogP contribution is -2.48. The molecule has 0 radical (unpaired) electrons. The maximum Gasteiger partial charge on any atom is 0.284 e. The molecule has 0 spiro atoms. The van der Waals surface area contributed by atoms with E-state index in [1.807, 2.05) is 24.3 Å². The number of hydrogen-bond donors (Lipinski definition) is 4. The summed E-state index contributed by atoms with van der Waals surface area (Å²) < 4.78 is 45.5. The van der Waals surface area contributed by atoms with Crippen LogP contribution in [0.5, 0.6) is 0 Å². The van der Waals surface area contributed by atoms with Gasteiger partial charge < -0.3 is 26.2 Å². The third kappa shape index (κ3) is 8.31. The number of carbonyl (C=O) groups is 4. The SMILES string of the molecule is N[C@@H]1C[C@@H](F)CN(c2ccn3ncc(C(=O)Nc4cn(C5CCC(C(=O)NC6CCN(c7cccc(C8CCC(=O)NC8=O)c7)CC6)CC5)nc4C(F)F)c3n2)C1. The van der Waals surface area contributed by atoms with Crippen molar-refractivity contribution in [2.75, 3.05) is 41.3 Å². The number of fused-ring (bicyclic) bond motifs is 1. The number of nitrogens with two attached hydrogens (primary N) is 1. The molecule has 0 bridgehead atoms. The third-order valence-electron chi connectivity index (χ3n) is 11.7. The standard InChI is InChI=1S/C39H46F3N11O4/c40-24-17-25(43)20-51(19-24)32-12-15-52-36(47-32)30(18-44-52)39(57)46-31-21-53(49-34(31)35(41)42)27-6-4-22(5-7-27)37(55)45-26-10-13-50(14-11-26)28-3-1-2-23(16-28)29-8-9-33(54)48-38(29)56/h1-3,12,15-16,18,21-22,24-27,29,35H,4-11,13-14,17,19-20,43H2,(H,45,55)(H,46,57)(H,48,54,56)/t22?,24-,25-,27?,29?/m1/s1. The van der Waals surface area contributed by atoms with E-state index in [2.05, 4.69) is 36.0 Å². The van der Waals surface area contributed by atoms with Crippen molar-refractivity contribution in [3.63, 3.8) is 0 Å². The number of piperidine rings is 3. The van der Waals surface area contributed by atoms with Gasteiger partial charge in [0.1, 0.15) is 17.6 Å². The number of aromatic nitrogens is 5. The molecule has 1 unspecified atom stereocenters. The number of halogens is 3. The van der Waals surface area contributed by atoms with Crippen molar-refractivity contribution in [2.45, 2.75) is 94.4 Å². The van der Waals surface area contributed by atoms with Crippen molar-refractivity contribution in [3.05, 3.63) is 65.7 Å². The number of alkyl halides is 3. The van der Waals surface area contributed by atoms with Gasteiger partial charge in [0.2, 0.25) is 17.7 Å². The van der Waals surface area contributed by atoms with E-state index in [-0.39, 0.29) is 77.5 Å². The fourth-order valence-corrected chi connectivity index (χ4v) is 8.65. The van der Waals surface area contributed by atoms with Gasteiger partial charge in [0.15, 0.2) is 11.3 Å². The van der Waals surface area contributed by atoms with Crippen molar-refractivity contribution >= 4 is 46.5 Å². The summed E-state index contributed by atoms with van der Waals surface area (Å²) in [6.07, 6.45) is 5.09. The van der Waals surface area contributed by atoms with Crippen LogP contribution in [0.15, 0.2) is 48.9 Å². The van der Waals surface area contributed by atoms with E-state index >= 15 is 0 Å². The van der Waals surface area contributed by atoms with Gasteiger partial charge in [0.05, 0.1) is 30.4 Å². The number of anilines is 3. The quantitative estimate of drug-likeness (QED) is 0.181. The summed E-state index contributed by atoms with van der Waals surface area (Å²) in [6, 6.07) is 8.97. The number of amides is 4. The largest absolute Gasteiger partial charge is 0.371 e. The summed E-state index contributed by atoms with van der Waals surface area (Å²) in [4.78, 5) is 59.3. The van der Waals surface area contributed by atoms with E-state index in [1.54, 1.807) is 17.2 Å². The number of rotatable bonds is 9. The molecule has 1 aromatic carbocycles. The molecule has 57 heavy (non-hydrogen) atoms. The van der Waals surface area contributed by atoms with E-state index in [9.17, 15) is 32.3 Å². The van der Waals surface area contributed by atoms with Gasteiger partial charge in [-0.3, -0.25) is 29.2 Å². The van der Waals surface area contributed by atoms with Crippen LogP contribution in [0.1, 0.15) is 97.8 Å². The van der Waals surface area contributed by atoms with Crippen LogP contribution in [-0.2, 0) is 14.4 Å². The molecule has 1 saturated carbocycles. The third-order valence-corrected chi connectivity index (χ3v) is 11.7. The predicted octanol–water partition coefficient (Wildman–Crippen LogP) is 4.03. The minimum atomic E-state index is -2.95. The second-order valence-electron chi connectivity index (χ2n) is 15.6. The van der Waals surface area contributed by atoms with Crippen LogP contribution < -0.4 is 31.5 Å². The van der Waals surface area contributed by atoms with Crippen molar-refractivity contribution < 1.29 is 32.3 Å². The van der Waals surface area contributed by atoms with Crippen LogP contribution in [0.3, 0.4) is 0 Å². The van der Waals surface area contributed by atoms with Gasteiger partial charge in [0.25, 0.3) is 12.3 Å². The fraction of sp³-hybridized carbons (Fsp3) is 0.513. The zero-order valence-corrected chi connectivity index (χ0v) is 31.3. The van der Waals surface area contributed by atoms with Crippen LogP contribution in [-0.4, -0.2) is 92.4 Å². The molecule has 8 rings (SSSR count). The Hall–Kier alpha value is -5.52. The van der Waals surface area contributed by atoms with Gasteiger partial charge in [-0.05, 0) is 75.1 Å². The average molecular weight is 790 g/mol. The molecule has 4 aliphatic rings. The van der Waals surface area contributed by atoms with E-state index < -0.39 is 24.2 Å². The maximum absolute atomic E-state index is 14.2. The summed E-state index contributed by atoms with van der Waals surface area (Å²) in [7, 11) is 0. The Bertz CT molecular complexity index is 2130. The Morgan fingerprint density at radius 3 is 2.51 bits per heavy atom. The topological polar surface area (TPSA) is 185 Å². The monoisotopic (exact) mass is 789 g/mol. The molecule has 302 valence electrons. The van der Waals surface area contributed by atoms with Gasteiger partial charge in [-0.25, -0.2) is 22.7 Å². The number of benzene rings is 1. The summed E-state index contributed by atoms with van der Waals surface area (Å²) in [5.41, 5.74) is 7.47. The number of nitrogens with one attached hydrogen (secondary N) is 3. The molecule has 3 aromatic heterocycles. The molecule has 4 amide bonds. The Labute approximate surface area is 326 Å². The highest BCUT2D eigenvalue weighted by molar-refractivity contribution is 6.08. The molecule has 3 aliphatic heterocycles. The number of nitrogens with zero attached hydrogens (tertiary/aromatic N) is 7. The number of imide groups is 1. The molecule has 18 heteroatoms. The molecule has 15 nitrogen and oxygen atoms in total. The highest BCUT2D eigenvalue weighted by atomic mass is 19.3. The van der Waals surface area contributed by atoms with Crippen molar-refractivity contribution in [1.29, 1.82) is 0 Å². The normalized spacial score (nSPS) is 24.8. The number of carbonyl (C=O) groups excluding carboxylic acids is 4. The van der Waals surface area contributed by atoms with Crippen molar-refractivity contribution in [3.8, 4) is 0 Å². The van der Waals surface area contributed by atoms with E-state index in [4.69, 9.17) is 5.73 Å². The van der Waals surface area contributed by atoms with Crippen LogP contribution in [0.25, 0.3) is 5.65 Å². The first-order valence-electron chi connectivity index (χ1n) is 19.7. The first kappa shape index (κ1) is 38.4. The molecule has 3 atom stereocenters. The van der Waals surface area contributed by atoms with E-state index in [1.165, 1.54) is 21.6 Å². The maximum atomic E-state index is 14.2. The highest BCUT2D eigenvalue weighted by Gasteiger charge is 2.33. The zero-order valence-electron chi connectivity index (χ0n) is 31.3. The van der Waals surface area contributed by atoms with Gasteiger partial charge in [-0.2, -0.15) is 10.2 Å².